The van der Waals surface area contributed by atoms with Gasteiger partial charge in [0.25, 0.3) is 0 Å². The summed E-state index contributed by atoms with van der Waals surface area (Å²) in [5.74, 6) is 1.38. The molecule has 0 bridgehead atoms. The molecule has 2 heterocycles. The van der Waals surface area contributed by atoms with Gasteiger partial charge in [0.2, 0.25) is 0 Å². The molecule has 0 aromatic carbocycles. The van der Waals surface area contributed by atoms with E-state index in [1.165, 1.54) is 51.6 Å². The number of nitrogens with zero attached hydrogens (tertiary/aromatic N) is 2. The van der Waals surface area contributed by atoms with E-state index < -0.39 is 0 Å². The first-order valence-corrected chi connectivity index (χ1v) is 6.81. The van der Waals surface area contributed by atoms with E-state index in [0.717, 1.165) is 12.4 Å². The molecule has 1 fully saturated rings. The number of aliphatic imine (C=N–C) groups is 1. The number of piperidine rings is 1. The van der Waals surface area contributed by atoms with E-state index in [0.29, 0.717) is 12.0 Å². The molecule has 2 N–H and O–H groups in total. The molecule has 2 aliphatic rings. The molecule has 92 valence electrons. The maximum atomic E-state index is 6.01. The highest BCUT2D eigenvalue weighted by molar-refractivity contribution is 5.82. The third kappa shape index (κ3) is 3.21. The number of nitrogens with two attached hydrogens (primary N) is 1. The molecule has 16 heavy (non-hydrogen) atoms. The van der Waals surface area contributed by atoms with Crippen LogP contribution in [0.1, 0.15) is 45.4 Å². The molecule has 2 aliphatic heterocycles. The molecule has 0 radical (unpaired) electrons. The normalized spacial score (nSPS) is 33.2. The lowest BCUT2D eigenvalue weighted by molar-refractivity contribution is 0.213. The van der Waals surface area contributed by atoms with Crippen LogP contribution < -0.4 is 5.73 Å². The molecule has 2 unspecified atom stereocenters. The maximum Gasteiger partial charge on any atom is 0.0969 e. The minimum absolute atomic E-state index is 0.461. The van der Waals surface area contributed by atoms with E-state index in [9.17, 15) is 0 Å². The highest BCUT2D eigenvalue weighted by Gasteiger charge is 2.20. The summed E-state index contributed by atoms with van der Waals surface area (Å²) in [5.41, 5.74) is 6.01. The maximum absolute atomic E-state index is 6.01. The molecule has 1 saturated heterocycles. The number of hydrogen-bond donors (Lipinski definition) is 1. The zero-order valence-corrected chi connectivity index (χ0v) is 10.5. The average Bonchev–Trinajstić information content (AvgIpc) is 2.43. The predicted molar refractivity (Wildman–Crippen MR) is 68.7 cm³/mol. The zero-order valence-electron chi connectivity index (χ0n) is 10.5. The van der Waals surface area contributed by atoms with Crippen LogP contribution in [0.3, 0.4) is 0 Å². The van der Waals surface area contributed by atoms with Crippen molar-refractivity contribution in [2.45, 2.75) is 51.5 Å². The Labute approximate surface area is 99.1 Å². The highest BCUT2D eigenvalue weighted by atomic mass is 15.1. The average molecular weight is 223 g/mol. The van der Waals surface area contributed by atoms with Crippen LogP contribution in [0.25, 0.3) is 0 Å². The van der Waals surface area contributed by atoms with Gasteiger partial charge in [0.05, 0.1) is 11.9 Å². The first-order chi connectivity index (χ1) is 7.75. The smallest absolute Gasteiger partial charge is 0.0969 e. The van der Waals surface area contributed by atoms with Crippen molar-refractivity contribution in [2.75, 3.05) is 19.6 Å². The Bertz CT molecular complexity index is 244. The number of amidine groups is 1. The lowest BCUT2D eigenvalue weighted by Crippen LogP contribution is -2.36. The zero-order chi connectivity index (χ0) is 11.4. The van der Waals surface area contributed by atoms with Gasteiger partial charge >= 0.3 is 0 Å². The van der Waals surface area contributed by atoms with Gasteiger partial charge in [-0.1, -0.05) is 19.8 Å². The number of hydrogen-bond acceptors (Lipinski definition) is 3. The van der Waals surface area contributed by atoms with Crippen LogP contribution in [0.2, 0.25) is 0 Å². The van der Waals surface area contributed by atoms with Crippen LogP contribution in [0, 0.1) is 5.92 Å². The Morgan fingerprint density at radius 3 is 2.69 bits per heavy atom. The second-order valence-corrected chi connectivity index (χ2v) is 5.40. The van der Waals surface area contributed by atoms with E-state index in [1.807, 2.05) is 0 Å². The van der Waals surface area contributed by atoms with Gasteiger partial charge in [-0.15, -0.1) is 0 Å². The third-order valence-corrected chi connectivity index (χ3v) is 3.93. The summed E-state index contributed by atoms with van der Waals surface area (Å²) in [7, 11) is 0. The number of likely N-dealkylation sites (tertiary alicyclic amines) is 1. The summed E-state index contributed by atoms with van der Waals surface area (Å²) in [6.07, 6.45) is 7.85. The van der Waals surface area contributed by atoms with Crippen LogP contribution in [-0.2, 0) is 0 Å². The molecular formula is C13H25N3. The first kappa shape index (κ1) is 11.9. The van der Waals surface area contributed by atoms with Crippen molar-refractivity contribution >= 4 is 5.84 Å². The monoisotopic (exact) mass is 223 g/mol. The van der Waals surface area contributed by atoms with Crippen molar-refractivity contribution in [3.05, 3.63) is 0 Å². The van der Waals surface area contributed by atoms with Gasteiger partial charge in [-0.25, -0.2) is 0 Å². The van der Waals surface area contributed by atoms with Crippen LogP contribution in [0.4, 0.5) is 0 Å². The second kappa shape index (κ2) is 5.67. The second-order valence-electron chi connectivity index (χ2n) is 5.40. The summed E-state index contributed by atoms with van der Waals surface area (Å²) >= 11 is 0. The van der Waals surface area contributed by atoms with Crippen molar-refractivity contribution in [3.8, 4) is 0 Å². The third-order valence-electron chi connectivity index (χ3n) is 3.93. The Morgan fingerprint density at radius 1 is 1.19 bits per heavy atom. The van der Waals surface area contributed by atoms with Crippen LogP contribution in [0.15, 0.2) is 4.99 Å². The van der Waals surface area contributed by atoms with Crippen molar-refractivity contribution in [2.24, 2.45) is 16.6 Å². The van der Waals surface area contributed by atoms with Gasteiger partial charge in [0, 0.05) is 12.5 Å². The SMILES string of the molecule is CC1CCCC(CN2CCCCC2)N=C1N. The van der Waals surface area contributed by atoms with Crippen molar-refractivity contribution in [1.82, 2.24) is 4.90 Å². The van der Waals surface area contributed by atoms with Gasteiger partial charge in [0.15, 0.2) is 0 Å². The summed E-state index contributed by atoms with van der Waals surface area (Å²) in [5, 5.41) is 0. The Hall–Kier alpha value is -0.570. The van der Waals surface area contributed by atoms with Crippen molar-refractivity contribution in [3.63, 3.8) is 0 Å². The summed E-state index contributed by atoms with van der Waals surface area (Å²) < 4.78 is 0. The van der Waals surface area contributed by atoms with Gasteiger partial charge in [-0.2, -0.15) is 0 Å². The van der Waals surface area contributed by atoms with Gasteiger partial charge in [0.1, 0.15) is 0 Å². The van der Waals surface area contributed by atoms with Crippen LogP contribution in [0.5, 0.6) is 0 Å². The van der Waals surface area contributed by atoms with E-state index >= 15 is 0 Å². The first-order valence-electron chi connectivity index (χ1n) is 6.81. The van der Waals surface area contributed by atoms with Gasteiger partial charge in [-0.3, -0.25) is 4.99 Å². The molecule has 2 atom stereocenters. The Kier molecular flexibility index (Phi) is 4.22. The molecule has 0 aliphatic carbocycles. The van der Waals surface area contributed by atoms with E-state index in [1.54, 1.807) is 0 Å². The fourth-order valence-corrected chi connectivity index (χ4v) is 2.78. The lowest BCUT2D eigenvalue weighted by atomic mass is 10.0. The minimum atomic E-state index is 0.461. The lowest BCUT2D eigenvalue weighted by Gasteiger charge is -2.28. The molecule has 3 heteroatoms. The van der Waals surface area contributed by atoms with Crippen molar-refractivity contribution < 1.29 is 0 Å². The van der Waals surface area contributed by atoms with Crippen LogP contribution in [-0.4, -0.2) is 36.4 Å². The molecular weight excluding hydrogens is 198 g/mol. The van der Waals surface area contributed by atoms with Crippen molar-refractivity contribution in [1.29, 1.82) is 0 Å². The summed E-state index contributed by atoms with van der Waals surface area (Å²) in [6.45, 7) is 5.86. The molecule has 0 aromatic heterocycles. The molecule has 3 nitrogen and oxygen atoms in total. The fourth-order valence-electron chi connectivity index (χ4n) is 2.78. The molecule has 0 amide bonds. The number of rotatable bonds is 2. The largest absolute Gasteiger partial charge is 0.387 e. The standard InChI is InChI=1S/C13H25N3/c1-11-6-5-7-12(15-13(11)14)10-16-8-3-2-4-9-16/h11-12H,2-10H2,1H3,(H2,14,15). The Morgan fingerprint density at radius 2 is 1.94 bits per heavy atom. The topological polar surface area (TPSA) is 41.6 Å². The predicted octanol–water partition coefficient (Wildman–Crippen LogP) is 2.02. The van der Waals surface area contributed by atoms with E-state index in [2.05, 4.69) is 11.8 Å². The highest BCUT2D eigenvalue weighted by Crippen LogP contribution is 2.19. The summed E-state index contributed by atoms with van der Waals surface area (Å²) in [6, 6.07) is 0.461. The Balaban J connectivity index is 1.87. The molecule has 0 aromatic rings. The quantitative estimate of drug-likeness (QED) is 0.778. The van der Waals surface area contributed by atoms with Gasteiger partial charge in [-0.05, 0) is 38.8 Å². The molecule has 2 rings (SSSR count). The van der Waals surface area contributed by atoms with E-state index in [-0.39, 0.29) is 0 Å². The minimum Gasteiger partial charge on any atom is -0.387 e. The fraction of sp³-hybridized carbons (Fsp3) is 0.923. The molecule has 0 saturated carbocycles. The summed E-state index contributed by atoms with van der Waals surface area (Å²) in [4.78, 5) is 7.27. The van der Waals surface area contributed by atoms with E-state index in [4.69, 9.17) is 10.7 Å². The molecule has 0 spiro atoms. The van der Waals surface area contributed by atoms with Crippen LogP contribution >= 0.6 is 0 Å². The van der Waals surface area contributed by atoms with Gasteiger partial charge < -0.3 is 10.6 Å².